The van der Waals surface area contributed by atoms with E-state index in [4.69, 9.17) is 15.2 Å². The van der Waals surface area contributed by atoms with Crippen molar-refractivity contribution in [2.45, 2.75) is 12.8 Å². The molecule has 2 aromatic heterocycles. The van der Waals surface area contributed by atoms with Gasteiger partial charge in [0.05, 0.1) is 29.1 Å². The van der Waals surface area contributed by atoms with Gasteiger partial charge < -0.3 is 20.1 Å². The van der Waals surface area contributed by atoms with Crippen molar-refractivity contribution in [1.82, 2.24) is 9.88 Å². The number of hydrogen-bond donors (Lipinski definition) is 1. The second-order valence-electron chi connectivity index (χ2n) is 11.4. The molecule has 2 N–H and O–H groups in total. The number of morpholine rings is 1. The van der Waals surface area contributed by atoms with Gasteiger partial charge in [0.2, 0.25) is 11.8 Å². The number of ether oxygens (including phenoxy) is 2. The average molecular weight is 655 g/mol. The highest BCUT2D eigenvalue weighted by atomic mass is 32.1. The molecule has 0 bridgehead atoms. The predicted molar refractivity (Wildman–Crippen MR) is 173 cm³/mol. The van der Waals surface area contributed by atoms with Crippen LogP contribution in [-0.4, -0.2) is 53.9 Å². The lowest BCUT2D eigenvalue weighted by Gasteiger charge is -2.26. The van der Waals surface area contributed by atoms with Crippen molar-refractivity contribution in [1.29, 1.82) is 0 Å². The number of halogens is 2. The Labute approximate surface area is 272 Å². The second-order valence-corrected chi connectivity index (χ2v) is 12.4. The standard InChI is InChI=1S/C35H28F2N4O5S/c36-23-5-7-24(8-6-23)41(34(44)35(12-13-35)33(38)43)25-9-10-28(26(37)19-25)46-29-11-14-39-27-20-30(47-31(27)29)21-1-3-22(4-2-21)32(42)40-15-17-45-18-16-40/h1-11,14,19-20H,12-13,15-18H2,(H2,38,43). The second kappa shape index (κ2) is 12.2. The van der Waals surface area contributed by atoms with Crippen LogP contribution in [0.3, 0.4) is 0 Å². The van der Waals surface area contributed by atoms with E-state index in [-0.39, 0.29) is 35.9 Å². The fourth-order valence-corrected chi connectivity index (χ4v) is 6.64. The summed E-state index contributed by atoms with van der Waals surface area (Å²) in [5, 5.41) is 0. The van der Waals surface area contributed by atoms with Gasteiger partial charge in [0.1, 0.15) is 17.0 Å². The summed E-state index contributed by atoms with van der Waals surface area (Å²) in [6.07, 6.45) is 2.12. The molecule has 3 heterocycles. The molecule has 0 radical (unpaired) electrons. The Morgan fingerprint density at radius 3 is 2.26 bits per heavy atom. The van der Waals surface area contributed by atoms with Crippen molar-refractivity contribution in [3.05, 3.63) is 102 Å². The van der Waals surface area contributed by atoms with Gasteiger partial charge in [0, 0.05) is 47.5 Å². The first kappa shape index (κ1) is 30.5. The smallest absolute Gasteiger partial charge is 0.254 e. The largest absolute Gasteiger partial charge is 0.453 e. The highest BCUT2D eigenvalue weighted by Gasteiger charge is 2.57. The molecule has 0 spiro atoms. The van der Waals surface area contributed by atoms with Crippen LogP contribution in [0.5, 0.6) is 11.5 Å². The monoisotopic (exact) mass is 654 g/mol. The van der Waals surface area contributed by atoms with Gasteiger partial charge in [-0.2, -0.15) is 0 Å². The number of hydrogen-bond acceptors (Lipinski definition) is 7. The maximum absolute atomic E-state index is 15.7. The minimum atomic E-state index is -1.39. The lowest BCUT2D eigenvalue weighted by atomic mass is 10.0. The van der Waals surface area contributed by atoms with Crippen molar-refractivity contribution in [3.8, 4) is 21.9 Å². The number of carbonyl (C=O) groups excluding carboxylic acids is 3. The van der Waals surface area contributed by atoms with Crippen LogP contribution >= 0.6 is 11.3 Å². The summed E-state index contributed by atoms with van der Waals surface area (Å²) in [6.45, 7) is 2.19. The summed E-state index contributed by atoms with van der Waals surface area (Å²) < 4.78 is 41.4. The Balaban J connectivity index is 1.15. The number of rotatable bonds is 8. The highest BCUT2D eigenvalue weighted by molar-refractivity contribution is 7.22. The molecule has 2 fully saturated rings. The van der Waals surface area contributed by atoms with Gasteiger partial charge >= 0.3 is 0 Å². The number of pyridine rings is 1. The number of anilines is 2. The predicted octanol–water partition coefficient (Wildman–Crippen LogP) is 6.44. The molecule has 9 nitrogen and oxygen atoms in total. The lowest BCUT2D eigenvalue weighted by molar-refractivity contribution is -0.133. The zero-order valence-corrected chi connectivity index (χ0v) is 25.8. The van der Waals surface area contributed by atoms with E-state index in [1.54, 1.807) is 29.3 Å². The minimum absolute atomic E-state index is 0.0355. The molecule has 47 heavy (non-hydrogen) atoms. The summed E-state index contributed by atoms with van der Waals surface area (Å²) in [7, 11) is 0. The van der Waals surface area contributed by atoms with E-state index < -0.39 is 28.9 Å². The molecule has 7 rings (SSSR count). The Morgan fingerprint density at radius 2 is 1.60 bits per heavy atom. The van der Waals surface area contributed by atoms with Crippen LogP contribution in [0.1, 0.15) is 23.2 Å². The van der Waals surface area contributed by atoms with Crippen LogP contribution in [0.15, 0.2) is 85.1 Å². The number of nitrogens with zero attached hydrogens (tertiary/aromatic N) is 3. The molecule has 0 unspecified atom stereocenters. The van der Waals surface area contributed by atoms with Crippen molar-refractivity contribution in [3.63, 3.8) is 0 Å². The van der Waals surface area contributed by atoms with E-state index in [9.17, 15) is 18.8 Å². The van der Waals surface area contributed by atoms with Crippen LogP contribution in [0, 0.1) is 17.0 Å². The van der Waals surface area contributed by atoms with E-state index >= 15 is 4.39 Å². The van der Waals surface area contributed by atoms with Crippen LogP contribution in [0.4, 0.5) is 20.2 Å². The summed E-state index contributed by atoms with van der Waals surface area (Å²) in [5.41, 5.74) is 6.71. The Kier molecular flexibility index (Phi) is 7.90. The van der Waals surface area contributed by atoms with E-state index in [2.05, 4.69) is 4.98 Å². The maximum Gasteiger partial charge on any atom is 0.254 e. The molecule has 1 saturated heterocycles. The molecule has 3 aromatic carbocycles. The van der Waals surface area contributed by atoms with Gasteiger partial charge in [-0.05, 0) is 73.0 Å². The molecule has 12 heteroatoms. The summed E-state index contributed by atoms with van der Waals surface area (Å²) in [4.78, 5) is 46.9. The SMILES string of the molecule is NC(=O)C1(C(=O)N(c2ccc(F)cc2)c2ccc(Oc3ccnc4cc(-c5ccc(C(=O)N6CCOCC6)cc5)sc34)c(F)c2)CC1. The van der Waals surface area contributed by atoms with Gasteiger partial charge in [-0.3, -0.25) is 24.3 Å². The van der Waals surface area contributed by atoms with Gasteiger partial charge in [-0.25, -0.2) is 8.78 Å². The van der Waals surface area contributed by atoms with Crippen LogP contribution in [0.2, 0.25) is 0 Å². The summed E-state index contributed by atoms with van der Waals surface area (Å²) in [6, 6.07) is 20.0. The summed E-state index contributed by atoms with van der Waals surface area (Å²) >= 11 is 1.42. The Hall–Kier alpha value is -5.20. The van der Waals surface area contributed by atoms with Crippen LogP contribution < -0.4 is 15.4 Å². The van der Waals surface area contributed by atoms with Crippen molar-refractivity contribution in [2.75, 3.05) is 31.2 Å². The maximum atomic E-state index is 15.7. The van der Waals surface area contributed by atoms with E-state index in [0.717, 1.165) is 16.5 Å². The molecular formula is C35H28F2N4O5S. The average Bonchev–Trinajstić information content (AvgIpc) is 3.80. The highest BCUT2D eigenvalue weighted by Crippen LogP contribution is 2.49. The third-order valence-corrected chi connectivity index (χ3v) is 9.59. The Bertz CT molecular complexity index is 2010. The number of fused-ring (bicyclic) bond motifs is 1. The first-order valence-electron chi connectivity index (χ1n) is 15.0. The molecule has 0 atom stereocenters. The van der Waals surface area contributed by atoms with Gasteiger partial charge in [0.25, 0.3) is 5.91 Å². The number of carbonyl (C=O) groups is 3. The number of amides is 3. The van der Waals surface area contributed by atoms with E-state index in [1.165, 1.54) is 52.6 Å². The number of thiophene rings is 1. The van der Waals surface area contributed by atoms with Crippen molar-refractivity contribution in [2.24, 2.45) is 11.1 Å². The third-order valence-electron chi connectivity index (χ3n) is 8.40. The molecule has 3 amide bonds. The zero-order chi connectivity index (χ0) is 32.7. The normalized spacial score (nSPS) is 15.3. The lowest BCUT2D eigenvalue weighted by Crippen LogP contribution is -2.41. The van der Waals surface area contributed by atoms with Crippen molar-refractivity contribution < 1.29 is 32.6 Å². The van der Waals surface area contributed by atoms with Gasteiger partial charge in [-0.1, -0.05) is 12.1 Å². The third kappa shape index (κ3) is 5.81. The molecule has 1 saturated carbocycles. The number of nitrogens with two attached hydrogens (primary N) is 1. The van der Waals surface area contributed by atoms with Crippen LogP contribution in [-0.2, 0) is 14.3 Å². The molecule has 1 aliphatic heterocycles. The Morgan fingerprint density at radius 1 is 0.894 bits per heavy atom. The first-order valence-corrected chi connectivity index (χ1v) is 15.8. The molecule has 1 aliphatic carbocycles. The number of aromatic nitrogens is 1. The topological polar surface area (TPSA) is 115 Å². The molecule has 2 aliphatic rings. The van der Waals surface area contributed by atoms with E-state index in [0.29, 0.717) is 47.8 Å². The zero-order valence-electron chi connectivity index (χ0n) is 24.9. The fraction of sp³-hybridized carbons (Fsp3) is 0.200. The van der Waals surface area contributed by atoms with Gasteiger partial charge in [0.15, 0.2) is 11.6 Å². The fourth-order valence-electron chi connectivity index (χ4n) is 5.57. The number of primary amides is 1. The van der Waals surface area contributed by atoms with Gasteiger partial charge in [-0.15, -0.1) is 11.3 Å². The quantitative estimate of drug-likeness (QED) is 0.193. The molecule has 238 valence electrons. The molecule has 5 aromatic rings. The van der Waals surface area contributed by atoms with Crippen LogP contribution in [0.25, 0.3) is 20.7 Å². The first-order chi connectivity index (χ1) is 22.7. The minimum Gasteiger partial charge on any atom is -0.453 e. The number of benzene rings is 3. The molecular weight excluding hydrogens is 626 g/mol. The summed E-state index contributed by atoms with van der Waals surface area (Å²) in [5.74, 6) is -2.38. The van der Waals surface area contributed by atoms with E-state index in [1.807, 2.05) is 18.2 Å². The van der Waals surface area contributed by atoms with Crippen molar-refractivity contribution >= 4 is 50.6 Å².